The van der Waals surface area contributed by atoms with Crippen molar-refractivity contribution in [2.24, 2.45) is 0 Å². The van der Waals surface area contributed by atoms with Crippen molar-refractivity contribution >= 4 is 21.4 Å². The summed E-state index contributed by atoms with van der Waals surface area (Å²) in [6, 6.07) is 14.9. The fraction of sp³-hybridized carbons (Fsp3) is 0.286. The maximum atomic E-state index is 12.2. The predicted octanol–water partition coefficient (Wildman–Crippen LogP) is 3.92. The number of hydrogen-bond donors (Lipinski definition) is 1. The molecule has 0 aliphatic carbocycles. The van der Waals surface area contributed by atoms with Crippen LogP contribution in [0.4, 0.5) is 0 Å². The smallest absolute Gasteiger partial charge is 0.242 e. The zero-order valence-corrected chi connectivity index (χ0v) is 18.5. The number of aromatic nitrogens is 1. The van der Waals surface area contributed by atoms with Crippen molar-refractivity contribution < 1.29 is 13.2 Å². The van der Waals surface area contributed by atoms with Gasteiger partial charge in [0.05, 0.1) is 17.7 Å². The lowest BCUT2D eigenvalue weighted by atomic mass is 10.1. The van der Waals surface area contributed by atoms with Crippen LogP contribution in [0.25, 0.3) is 10.6 Å². The number of methoxy groups -OCH3 is 1. The molecule has 3 rings (SSSR count). The fourth-order valence-electron chi connectivity index (χ4n) is 2.77. The van der Waals surface area contributed by atoms with E-state index in [-0.39, 0.29) is 6.04 Å². The van der Waals surface area contributed by atoms with E-state index in [1.807, 2.05) is 48.7 Å². The minimum absolute atomic E-state index is 0.0669. The number of nitrogens with one attached hydrogen (secondary N) is 1. The van der Waals surface area contributed by atoms with Gasteiger partial charge in [-0.15, -0.1) is 11.3 Å². The Morgan fingerprint density at radius 1 is 1.10 bits per heavy atom. The lowest BCUT2D eigenvalue weighted by Gasteiger charge is -2.15. The van der Waals surface area contributed by atoms with Crippen molar-refractivity contribution in [1.82, 2.24) is 14.6 Å². The number of rotatable bonds is 8. The molecule has 0 saturated carbocycles. The van der Waals surface area contributed by atoms with Gasteiger partial charge in [0.1, 0.15) is 10.8 Å². The number of hydrogen-bond acceptors (Lipinski definition) is 6. The molecule has 0 fully saturated rings. The molecule has 3 aromatic rings. The molecule has 1 heterocycles. The van der Waals surface area contributed by atoms with Crippen molar-refractivity contribution in [3.8, 4) is 16.3 Å². The standard InChI is InChI=1S/C21H25N3O3S2/c1-15(16-7-11-20(12-8-16)29(25,26)24(2)3)22-13-18-14-28-21(23-18)17-5-9-19(27-4)10-6-17/h5-12,14-15,22H,13H2,1-4H3. The lowest BCUT2D eigenvalue weighted by molar-refractivity contribution is 0.415. The van der Waals surface area contributed by atoms with Gasteiger partial charge in [-0.05, 0) is 48.9 Å². The summed E-state index contributed by atoms with van der Waals surface area (Å²) in [5, 5.41) is 6.46. The van der Waals surface area contributed by atoms with Gasteiger partial charge in [0.2, 0.25) is 10.0 Å². The van der Waals surface area contributed by atoms with Gasteiger partial charge in [0, 0.05) is 37.6 Å². The Kier molecular flexibility index (Phi) is 6.69. The van der Waals surface area contributed by atoms with Crippen LogP contribution in [0.3, 0.4) is 0 Å². The number of sulfonamides is 1. The molecular formula is C21H25N3O3S2. The fourth-order valence-corrected chi connectivity index (χ4v) is 4.50. The zero-order chi connectivity index (χ0) is 21.0. The van der Waals surface area contributed by atoms with Crippen LogP contribution < -0.4 is 10.1 Å². The first-order chi connectivity index (χ1) is 13.8. The van der Waals surface area contributed by atoms with E-state index in [2.05, 4.69) is 5.32 Å². The third-order valence-electron chi connectivity index (χ3n) is 4.64. The minimum Gasteiger partial charge on any atom is -0.497 e. The van der Waals surface area contributed by atoms with E-state index >= 15 is 0 Å². The van der Waals surface area contributed by atoms with Crippen molar-refractivity contribution in [3.05, 3.63) is 65.2 Å². The zero-order valence-electron chi connectivity index (χ0n) is 16.9. The Labute approximate surface area is 176 Å². The summed E-state index contributed by atoms with van der Waals surface area (Å²) in [5.74, 6) is 0.824. The Hall–Kier alpha value is -2.26. The SMILES string of the molecule is COc1ccc(-c2nc(CNC(C)c3ccc(S(=O)(=O)N(C)C)cc3)cs2)cc1. The first-order valence-corrected chi connectivity index (χ1v) is 11.5. The molecule has 2 aromatic carbocycles. The second-order valence-corrected chi connectivity index (χ2v) is 9.84. The number of ether oxygens (including phenoxy) is 1. The molecule has 1 aromatic heterocycles. The molecule has 0 saturated heterocycles. The molecule has 1 unspecified atom stereocenters. The van der Waals surface area contributed by atoms with E-state index in [1.54, 1.807) is 30.6 Å². The second kappa shape index (κ2) is 9.04. The summed E-state index contributed by atoms with van der Waals surface area (Å²) in [6.45, 7) is 2.68. The summed E-state index contributed by atoms with van der Waals surface area (Å²) >= 11 is 1.61. The van der Waals surface area contributed by atoms with Crippen LogP contribution in [0.5, 0.6) is 5.75 Å². The van der Waals surface area contributed by atoms with Crippen LogP contribution >= 0.6 is 11.3 Å². The molecule has 154 valence electrons. The van der Waals surface area contributed by atoms with Crippen molar-refractivity contribution in [2.75, 3.05) is 21.2 Å². The Morgan fingerprint density at radius 3 is 2.34 bits per heavy atom. The maximum Gasteiger partial charge on any atom is 0.242 e. The first kappa shape index (κ1) is 21.4. The highest BCUT2D eigenvalue weighted by molar-refractivity contribution is 7.89. The molecule has 0 aliphatic rings. The largest absolute Gasteiger partial charge is 0.497 e. The number of thiazole rings is 1. The van der Waals surface area contributed by atoms with Crippen LogP contribution in [0.15, 0.2) is 58.8 Å². The van der Waals surface area contributed by atoms with E-state index in [4.69, 9.17) is 9.72 Å². The molecule has 29 heavy (non-hydrogen) atoms. The van der Waals surface area contributed by atoms with E-state index in [0.717, 1.165) is 27.6 Å². The van der Waals surface area contributed by atoms with Gasteiger partial charge < -0.3 is 10.1 Å². The van der Waals surface area contributed by atoms with Crippen LogP contribution in [-0.4, -0.2) is 38.9 Å². The van der Waals surface area contributed by atoms with Crippen LogP contribution in [-0.2, 0) is 16.6 Å². The minimum atomic E-state index is -3.41. The van der Waals surface area contributed by atoms with Gasteiger partial charge in [-0.3, -0.25) is 0 Å². The summed E-state index contributed by atoms with van der Waals surface area (Å²) < 4.78 is 30.8. The summed E-state index contributed by atoms with van der Waals surface area (Å²) in [6.07, 6.45) is 0. The topological polar surface area (TPSA) is 71.5 Å². The third-order valence-corrected chi connectivity index (χ3v) is 7.41. The average molecular weight is 432 g/mol. The van der Waals surface area contributed by atoms with Crippen LogP contribution in [0, 0.1) is 0 Å². The van der Waals surface area contributed by atoms with Crippen molar-refractivity contribution in [2.45, 2.75) is 24.4 Å². The van der Waals surface area contributed by atoms with E-state index in [9.17, 15) is 8.42 Å². The van der Waals surface area contributed by atoms with Gasteiger partial charge in [-0.2, -0.15) is 0 Å². The van der Waals surface area contributed by atoms with Crippen LogP contribution in [0.2, 0.25) is 0 Å². The molecule has 6 nitrogen and oxygen atoms in total. The lowest BCUT2D eigenvalue weighted by Crippen LogP contribution is -2.22. The molecule has 8 heteroatoms. The van der Waals surface area contributed by atoms with Crippen LogP contribution in [0.1, 0.15) is 24.2 Å². The quantitative estimate of drug-likeness (QED) is 0.585. The molecule has 0 aliphatic heterocycles. The van der Waals surface area contributed by atoms with Gasteiger partial charge in [0.25, 0.3) is 0 Å². The average Bonchev–Trinajstić information content (AvgIpc) is 3.21. The monoisotopic (exact) mass is 431 g/mol. The third kappa shape index (κ3) is 5.02. The maximum absolute atomic E-state index is 12.2. The first-order valence-electron chi connectivity index (χ1n) is 9.16. The molecule has 0 spiro atoms. The Bertz CT molecular complexity index is 1040. The molecule has 1 atom stereocenters. The van der Waals surface area contributed by atoms with E-state index < -0.39 is 10.0 Å². The van der Waals surface area contributed by atoms with E-state index in [1.165, 1.54) is 18.4 Å². The second-order valence-electron chi connectivity index (χ2n) is 6.83. The molecular weight excluding hydrogens is 406 g/mol. The highest BCUT2D eigenvalue weighted by Crippen LogP contribution is 2.26. The Morgan fingerprint density at radius 2 is 1.76 bits per heavy atom. The van der Waals surface area contributed by atoms with Crippen molar-refractivity contribution in [3.63, 3.8) is 0 Å². The predicted molar refractivity (Wildman–Crippen MR) is 117 cm³/mol. The molecule has 1 N–H and O–H groups in total. The molecule has 0 radical (unpaired) electrons. The summed E-state index contributed by atoms with van der Waals surface area (Å²) in [5.41, 5.74) is 3.06. The van der Waals surface area contributed by atoms with Crippen molar-refractivity contribution in [1.29, 1.82) is 0 Å². The summed E-state index contributed by atoms with van der Waals surface area (Å²) in [7, 11) is 1.30. The highest BCUT2D eigenvalue weighted by atomic mass is 32.2. The Balaban J connectivity index is 1.62. The summed E-state index contributed by atoms with van der Waals surface area (Å²) in [4.78, 5) is 4.99. The highest BCUT2D eigenvalue weighted by Gasteiger charge is 2.17. The van der Waals surface area contributed by atoms with E-state index in [0.29, 0.717) is 11.4 Å². The van der Waals surface area contributed by atoms with Gasteiger partial charge in [0.15, 0.2) is 0 Å². The van der Waals surface area contributed by atoms with Gasteiger partial charge in [-0.25, -0.2) is 17.7 Å². The number of benzene rings is 2. The number of nitrogens with zero attached hydrogens (tertiary/aromatic N) is 2. The van der Waals surface area contributed by atoms with Gasteiger partial charge >= 0.3 is 0 Å². The molecule has 0 amide bonds. The normalized spacial score (nSPS) is 12.9. The molecule has 0 bridgehead atoms. The van der Waals surface area contributed by atoms with Gasteiger partial charge in [-0.1, -0.05) is 12.1 Å².